The molecule has 0 unspecified atom stereocenters. The molecule has 0 saturated carbocycles. The van der Waals surface area contributed by atoms with Gasteiger partial charge in [0.05, 0.1) is 19.0 Å². The summed E-state index contributed by atoms with van der Waals surface area (Å²) in [5.74, 6) is 0.161. The Bertz CT molecular complexity index is 1430. The number of para-hydroxylation sites is 1. The lowest BCUT2D eigenvalue weighted by atomic mass is 9.97. The van der Waals surface area contributed by atoms with E-state index in [1.54, 1.807) is 7.11 Å². The Labute approximate surface area is 263 Å². The number of carbonyl (C=O) groups is 3. The quantitative estimate of drug-likeness (QED) is 0.283. The Kier molecular flexibility index (Phi) is 10.9. The fourth-order valence-electron chi connectivity index (χ4n) is 5.31. The van der Waals surface area contributed by atoms with Gasteiger partial charge in [0.1, 0.15) is 17.5 Å². The molecule has 44 heavy (non-hydrogen) atoms. The third-order valence-corrected chi connectivity index (χ3v) is 9.11. The van der Waals surface area contributed by atoms with Crippen molar-refractivity contribution in [3.05, 3.63) is 95.1 Å². The first-order chi connectivity index (χ1) is 21.0. The SMILES string of the molecule is COc1ccc(CNC(=O)[C@H]2N(C(=O)[C@@H](O)[C@H](Cc3ccccc3)NC(=O)COc3c(C)cccc3C)CSC2(C)C)cc1. The van der Waals surface area contributed by atoms with Crippen molar-refractivity contribution in [2.24, 2.45) is 0 Å². The minimum absolute atomic E-state index is 0.210. The van der Waals surface area contributed by atoms with E-state index in [4.69, 9.17) is 9.47 Å². The van der Waals surface area contributed by atoms with Crippen molar-refractivity contribution < 1.29 is 29.0 Å². The van der Waals surface area contributed by atoms with Crippen molar-refractivity contribution in [1.29, 1.82) is 0 Å². The van der Waals surface area contributed by atoms with Gasteiger partial charge in [-0.1, -0.05) is 60.7 Å². The van der Waals surface area contributed by atoms with Crippen LogP contribution in [0.25, 0.3) is 0 Å². The molecule has 10 heteroatoms. The Morgan fingerprint density at radius 3 is 2.27 bits per heavy atom. The second-order valence-corrected chi connectivity index (χ2v) is 13.1. The van der Waals surface area contributed by atoms with Crippen molar-refractivity contribution in [2.45, 2.75) is 63.6 Å². The van der Waals surface area contributed by atoms with E-state index in [0.717, 1.165) is 22.3 Å². The summed E-state index contributed by atoms with van der Waals surface area (Å²) in [6.07, 6.45) is -1.38. The van der Waals surface area contributed by atoms with E-state index >= 15 is 0 Å². The van der Waals surface area contributed by atoms with E-state index in [-0.39, 0.29) is 31.4 Å². The van der Waals surface area contributed by atoms with Gasteiger partial charge < -0.3 is 30.1 Å². The fourth-order valence-corrected chi connectivity index (χ4v) is 6.45. The summed E-state index contributed by atoms with van der Waals surface area (Å²) >= 11 is 1.46. The highest BCUT2D eigenvalue weighted by molar-refractivity contribution is 8.00. The number of nitrogens with one attached hydrogen (secondary N) is 2. The third-order valence-electron chi connectivity index (χ3n) is 7.74. The van der Waals surface area contributed by atoms with Gasteiger partial charge in [0.15, 0.2) is 12.7 Å². The maximum Gasteiger partial charge on any atom is 0.258 e. The second kappa shape index (κ2) is 14.6. The van der Waals surface area contributed by atoms with E-state index in [1.165, 1.54) is 16.7 Å². The minimum atomic E-state index is -1.59. The molecule has 1 aliphatic rings. The zero-order chi connectivity index (χ0) is 31.9. The molecule has 0 bridgehead atoms. The van der Waals surface area contributed by atoms with Crippen molar-refractivity contribution in [2.75, 3.05) is 19.6 Å². The largest absolute Gasteiger partial charge is 0.497 e. The summed E-state index contributed by atoms with van der Waals surface area (Å²) in [6.45, 7) is 7.62. The van der Waals surface area contributed by atoms with Crippen LogP contribution >= 0.6 is 11.8 Å². The summed E-state index contributed by atoms with van der Waals surface area (Å²) < 4.78 is 10.4. The molecule has 1 fully saturated rings. The number of rotatable bonds is 12. The lowest BCUT2D eigenvalue weighted by Crippen LogP contribution is -2.59. The number of methoxy groups -OCH3 is 1. The number of amides is 3. The number of hydrogen-bond acceptors (Lipinski definition) is 7. The number of aliphatic hydroxyl groups is 1. The summed E-state index contributed by atoms with van der Waals surface area (Å²) in [6, 6.07) is 20.6. The second-order valence-electron chi connectivity index (χ2n) is 11.5. The Morgan fingerprint density at radius 1 is 0.977 bits per heavy atom. The number of aliphatic hydroxyl groups excluding tert-OH is 1. The molecular weight excluding hydrogens is 578 g/mol. The molecule has 3 aromatic rings. The minimum Gasteiger partial charge on any atom is -0.497 e. The van der Waals surface area contributed by atoms with Crippen molar-refractivity contribution in [3.8, 4) is 11.5 Å². The first-order valence-corrected chi connectivity index (χ1v) is 15.5. The zero-order valence-corrected chi connectivity index (χ0v) is 26.6. The molecule has 3 aromatic carbocycles. The van der Waals surface area contributed by atoms with Crippen LogP contribution < -0.4 is 20.1 Å². The van der Waals surface area contributed by atoms with Gasteiger partial charge in [-0.3, -0.25) is 14.4 Å². The first kappa shape index (κ1) is 32.9. The normalized spacial score (nSPS) is 17.0. The highest BCUT2D eigenvalue weighted by atomic mass is 32.2. The summed E-state index contributed by atoms with van der Waals surface area (Å²) in [7, 11) is 1.59. The molecule has 0 aromatic heterocycles. The Morgan fingerprint density at radius 2 is 1.64 bits per heavy atom. The number of aryl methyl sites for hydroxylation is 2. The molecule has 9 nitrogen and oxygen atoms in total. The van der Waals surface area contributed by atoms with Crippen LogP contribution in [0.5, 0.6) is 11.5 Å². The molecule has 3 atom stereocenters. The maximum absolute atomic E-state index is 13.9. The highest BCUT2D eigenvalue weighted by Gasteiger charge is 2.49. The number of benzene rings is 3. The number of carbonyl (C=O) groups excluding carboxylic acids is 3. The number of thioether (sulfide) groups is 1. The van der Waals surface area contributed by atoms with E-state index in [2.05, 4.69) is 10.6 Å². The molecule has 234 valence electrons. The standard InChI is InChI=1S/C34H41N3O6S/c1-22-10-9-11-23(2)30(22)43-20-28(38)36-27(18-24-12-7-6-8-13-24)29(39)33(41)37-21-44-34(3,4)31(37)32(40)35-19-25-14-16-26(42-5)17-15-25/h6-17,27,29,31,39H,18-21H2,1-5H3,(H,35,40)(H,36,38)/t27-,29-,31+/m0/s1. The zero-order valence-electron chi connectivity index (χ0n) is 25.8. The van der Waals surface area contributed by atoms with Gasteiger partial charge in [0.2, 0.25) is 5.91 Å². The van der Waals surface area contributed by atoms with Gasteiger partial charge >= 0.3 is 0 Å². The molecular formula is C34H41N3O6S. The van der Waals surface area contributed by atoms with Gasteiger partial charge in [-0.15, -0.1) is 11.8 Å². The van der Waals surface area contributed by atoms with Gasteiger partial charge in [-0.05, 0) is 68.5 Å². The molecule has 3 N–H and O–H groups in total. The van der Waals surface area contributed by atoms with E-state index in [9.17, 15) is 19.5 Å². The number of nitrogens with zero attached hydrogens (tertiary/aromatic N) is 1. The first-order valence-electron chi connectivity index (χ1n) is 14.6. The summed E-state index contributed by atoms with van der Waals surface area (Å²) in [5, 5.41) is 17.2. The Hall–Kier alpha value is -4.02. The maximum atomic E-state index is 13.9. The Balaban J connectivity index is 1.48. The average Bonchev–Trinajstić information content (AvgIpc) is 3.34. The molecule has 0 spiro atoms. The van der Waals surface area contributed by atoms with E-state index in [1.807, 2.05) is 100 Å². The van der Waals surface area contributed by atoms with Crippen molar-refractivity contribution >= 4 is 29.5 Å². The lowest BCUT2D eigenvalue weighted by molar-refractivity contribution is -0.148. The van der Waals surface area contributed by atoms with Gasteiger partial charge in [-0.2, -0.15) is 0 Å². The smallest absolute Gasteiger partial charge is 0.258 e. The predicted molar refractivity (Wildman–Crippen MR) is 172 cm³/mol. The molecule has 0 radical (unpaired) electrons. The van der Waals surface area contributed by atoms with Crippen LogP contribution in [0.15, 0.2) is 72.8 Å². The van der Waals surface area contributed by atoms with Crippen LogP contribution in [0.4, 0.5) is 0 Å². The van der Waals surface area contributed by atoms with Crippen LogP contribution in [-0.4, -0.2) is 70.3 Å². The van der Waals surface area contributed by atoms with E-state index in [0.29, 0.717) is 11.5 Å². The highest BCUT2D eigenvalue weighted by Crippen LogP contribution is 2.40. The summed E-state index contributed by atoms with van der Waals surface area (Å²) in [4.78, 5) is 41.8. The molecule has 0 aliphatic carbocycles. The van der Waals surface area contributed by atoms with E-state index < -0.39 is 34.7 Å². The van der Waals surface area contributed by atoms with Gasteiger partial charge in [-0.25, -0.2) is 0 Å². The van der Waals surface area contributed by atoms with Crippen molar-refractivity contribution in [3.63, 3.8) is 0 Å². The third kappa shape index (κ3) is 8.12. The van der Waals surface area contributed by atoms with Gasteiger partial charge in [0.25, 0.3) is 11.8 Å². The monoisotopic (exact) mass is 619 g/mol. The van der Waals surface area contributed by atoms with Crippen LogP contribution in [0, 0.1) is 13.8 Å². The molecule has 4 rings (SSSR count). The molecule has 1 aliphatic heterocycles. The molecule has 3 amide bonds. The number of ether oxygens (including phenoxy) is 2. The van der Waals surface area contributed by atoms with Crippen LogP contribution in [0.1, 0.15) is 36.1 Å². The van der Waals surface area contributed by atoms with Crippen LogP contribution in [-0.2, 0) is 27.3 Å². The predicted octanol–water partition coefficient (Wildman–Crippen LogP) is 3.78. The van der Waals surface area contributed by atoms with Crippen LogP contribution in [0.2, 0.25) is 0 Å². The lowest BCUT2D eigenvalue weighted by Gasteiger charge is -2.33. The number of hydrogen-bond donors (Lipinski definition) is 3. The van der Waals surface area contributed by atoms with Crippen molar-refractivity contribution in [1.82, 2.24) is 15.5 Å². The summed E-state index contributed by atoms with van der Waals surface area (Å²) in [5.41, 5.74) is 3.53. The molecule has 1 heterocycles. The average molecular weight is 620 g/mol. The molecule has 1 saturated heterocycles. The fraction of sp³-hybridized carbons (Fsp3) is 0.382. The van der Waals surface area contributed by atoms with Crippen LogP contribution in [0.3, 0.4) is 0 Å². The topological polar surface area (TPSA) is 117 Å². The van der Waals surface area contributed by atoms with Gasteiger partial charge in [0, 0.05) is 11.3 Å².